The Labute approximate surface area is 109 Å². The van der Waals surface area contributed by atoms with E-state index in [1.807, 2.05) is 6.92 Å². The van der Waals surface area contributed by atoms with Crippen LogP contribution in [0.2, 0.25) is 0 Å². The van der Waals surface area contributed by atoms with Gasteiger partial charge in [0.2, 0.25) is 5.91 Å². The molecule has 7 nitrogen and oxygen atoms in total. The molecule has 1 amide bonds. The minimum absolute atomic E-state index is 0.112. The zero-order valence-corrected chi connectivity index (χ0v) is 10.5. The highest BCUT2D eigenvalue weighted by Gasteiger charge is 2.11. The maximum absolute atomic E-state index is 11.7. The van der Waals surface area contributed by atoms with Gasteiger partial charge in [0.1, 0.15) is 12.2 Å². The van der Waals surface area contributed by atoms with E-state index in [0.29, 0.717) is 12.4 Å². The van der Waals surface area contributed by atoms with E-state index in [-0.39, 0.29) is 23.9 Å². The Morgan fingerprint density at radius 1 is 1.53 bits per heavy atom. The van der Waals surface area contributed by atoms with Crippen LogP contribution in [0.25, 0.3) is 0 Å². The summed E-state index contributed by atoms with van der Waals surface area (Å²) in [7, 11) is 0. The first-order valence-corrected chi connectivity index (χ1v) is 5.97. The molecule has 0 saturated heterocycles. The van der Waals surface area contributed by atoms with Gasteiger partial charge in [0.25, 0.3) is 5.56 Å². The number of aromatic nitrogens is 4. The second kappa shape index (κ2) is 5.94. The molecule has 2 aromatic rings. The first kappa shape index (κ1) is 13.0. The van der Waals surface area contributed by atoms with Gasteiger partial charge < -0.3 is 9.88 Å². The third-order valence-corrected chi connectivity index (χ3v) is 2.70. The van der Waals surface area contributed by atoms with Crippen molar-refractivity contribution < 1.29 is 4.79 Å². The molecule has 1 unspecified atom stereocenters. The second-order valence-corrected chi connectivity index (χ2v) is 4.14. The molecule has 2 N–H and O–H groups in total. The van der Waals surface area contributed by atoms with Gasteiger partial charge in [0, 0.05) is 25.2 Å². The molecular weight excluding hydrogens is 246 g/mol. The van der Waals surface area contributed by atoms with Crippen LogP contribution in [0.1, 0.15) is 25.2 Å². The molecule has 19 heavy (non-hydrogen) atoms. The Balaban J connectivity index is 1.85. The predicted molar refractivity (Wildman–Crippen MR) is 68.3 cm³/mol. The van der Waals surface area contributed by atoms with Gasteiger partial charge in [-0.2, -0.15) is 5.10 Å². The Hall–Kier alpha value is -2.44. The molecule has 2 heterocycles. The van der Waals surface area contributed by atoms with E-state index in [0.717, 1.165) is 0 Å². The van der Waals surface area contributed by atoms with Crippen LogP contribution in [-0.4, -0.2) is 25.7 Å². The normalized spacial score (nSPS) is 12.1. The number of nitrogens with one attached hydrogen (secondary N) is 2. The van der Waals surface area contributed by atoms with Gasteiger partial charge >= 0.3 is 0 Å². The van der Waals surface area contributed by atoms with Gasteiger partial charge in [-0.25, -0.2) is 4.98 Å². The molecule has 0 radical (unpaired) electrons. The van der Waals surface area contributed by atoms with Crippen molar-refractivity contribution in [1.82, 2.24) is 25.1 Å². The number of amides is 1. The van der Waals surface area contributed by atoms with E-state index in [4.69, 9.17) is 0 Å². The minimum Gasteiger partial charge on any atom is -0.346 e. The fraction of sp³-hybridized carbons (Fsp3) is 0.333. The van der Waals surface area contributed by atoms with E-state index in [1.165, 1.54) is 17.0 Å². The van der Waals surface area contributed by atoms with Crippen LogP contribution in [-0.2, 0) is 11.3 Å². The topological polar surface area (TPSA) is 92.7 Å². The molecule has 0 aliphatic rings. The summed E-state index contributed by atoms with van der Waals surface area (Å²) in [6, 6.07) is 4.67. The lowest BCUT2D eigenvalue weighted by Crippen LogP contribution is -2.29. The fourth-order valence-electron chi connectivity index (χ4n) is 1.67. The van der Waals surface area contributed by atoms with Crippen LogP contribution >= 0.6 is 0 Å². The van der Waals surface area contributed by atoms with Gasteiger partial charge in [-0.1, -0.05) is 6.07 Å². The lowest BCUT2D eigenvalue weighted by atomic mass is 10.3. The first-order valence-electron chi connectivity index (χ1n) is 5.97. The van der Waals surface area contributed by atoms with E-state index >= 15 is 0 Å². The Bertz CT molecular complexity index is 590. The van der Waals surface area contributed by atoms with Crippen LogP contribution < -0.4 is 10.9 Å². The summed E-state index contributed by atoms with van der Waals surface area (Å²) in [6.07, 6.45) is 3.29. The van der Waals surface area contributed by atoms with Crippen molar-refractivity contribution in [2.75, 3.05) is 0 Å². The average Bonchev–Trinajstić information content (AvgIpc) is 2.91. The second-order valence-electron chi connectivity index (χ2n) is 4.14. The standard InChI is InChI=1S/C12H15N5O2/c1-9(12-13-8-14-16-12)15-10(18)5-7-17-6-3-2-4-11(17)19/h2-4,6,8-9H,5,7H2,1H3,(H,15,18)(H,13,14,16). The minimum atomic E-state index is -0.234. The number of aryl methyl sites for hydroxylation is 1. The molecule has 0 spiro atoms. The number of nitrogens with zero attached hydrogens (tertiary/aromatic N) is 3. The van der Waals surface area contributed by atoms with E-state index in [9.17, 15) is 9.59 Å². The van der Waals surface area contributed by atoms with Crippen LogP contribution in [0.3, 0.4) is 0 Å². The van der Waals surface area contributed by atoms with Crippen LogP contribution in [0.15, 0.2) is 35.5 Å². The van der Waals surface area contributed by atoms with Gasteiger partial charge in [0.15, 0.2) is 0 Å². The molecule has 0 bridgehead atoms. The molecule has 2 rings (SSSR count). The van der Waals surface area contributed by atoms with E-state index < -0.39 is 0 Å². The zero-order chi connectivity index (χ0) is 13.7. The summed E-state index contributed by atoms with van der Waals surface area (Å²) in [4.78, 5) is 27.2. The highest BCUT2D eigenvalue weighted by atomic mass is 16.2. The number of aromatic amines is 1. The van der Waals surface area contributed by atoms with Crippen molar-refractivity contribution in [2.24, 2.45) is 0 Å². The highest BCUT2D eigenvalue weighted by Crippen LogP contribution is 2.04. The summed E-state index contributed by atoms with van der Waals surface area (Å²) < 4.78 is 1.50. The smallest absolute Gasteiger partial charge is 0.250 e. The van der Waals surface area contributed by atoms with Crippen molar-refractivity contribution in [3.63, 3.8) is 0 Å². The fourth-order valence-corrected chi connectivity index (χ4v) is 1.67. The largest absolute Gasteiger partial charge is 0.346 e. The summed E-state index contributed by atoms with van der Waals surface area (Å²) in [5.41, 5.74) is -0.112. The molecule has 0 aliphatic heterocycles. The zero-order valence-electron chi connectivity index (χ0n) is 10.5. The van der Waals surface area contributed by atoms with Gasteiger partial charge in [-0.15, -0.1) is 0 Å². The molecule has 7 heteroatoms. The number of hydrogen-bond donors (Lipinski definition) is 2. The third-order valence-electron chi connectivity index (χ3n) is 2.70. The van der Waals surface area contributed by atoms with Crippen LogP contribution in [0, 0.1) is 0 Å². The van der Waals surface area contributed by atoms with Crippen molar-refractivity contribution >= 4 is 5.91 Å². The molecule has 0 saturated carbocycles. The van der Waals surface area contributed by atoms with Gasteiger partial charge in [-0.05, 0) is 13.0 Å². The van der Waals surface area contributed by atoms with E-state index in [2.05, 4.69) is 20.5 Å². The van der Waals surface area contributed by atoms with Crippen LogP contribution in [0.5, 0.6) is 0 Å². The number of pyridine rings is 1. The summed E-state index contributed by atoms with van der Waals surface area (Å²) in [5, 5.41) is 9.20. The lowest BCUT2D eigenvalue weighted by molar-refractivity contribution is -0.122. The maximum atomic E-state index is 11.7. The maximum Gasteiger partial charge on any atom is 0.250 e. The van der Waals surface area contributed by atoms with Crippen molar-refractivity contribution in [1.29, 1.82) is 0 Å². The highest BCUT2D eigenvalue weighted by molar-refractivity contribution is 5.76. The number of carbonyl (C=O) groups excluding carboxylic acids is 1. The van der Waals surface area contributed by atoms with Gasteiger partial charge in [0.05, 0.1) is 6.04 Å². The van der Waals surface area contributed by atoms with Crippen molar-refractivity contribution in [3.05, 3.63) is 46.9 Å². The summed E-state index contributed by atoms with van der Waals surface area (Å²) >= 11 is 0. The molecule has 2 aromatic heterocycles. The Kier molecular flexibility index (Phi) is 4.07. The molecular formula is C12H15N5O2. The lowest BCUT2D eigenvalue weighted by Gasteiger charge is -2.11. The molecule has 100 valence electrons. The molecule has 0 fully saturated rings. The average molecular weight is 261 g/mol. The number of carbonyl (C=O) groups is 1. The van der Waals surface area contributed by atoms with E-state index in [1.54, 1.807) is 18.3 Å². The first-order chi connectivity index (χ1) is 9.16. The number of hydrogen-bond acceptors (Lipinski definition) is 4. The SMILES string of the molecule is CC(NC(=O)CCn1ccccc1=O)c1ncn[nH]1. The van der Waals surface area contributed by atoms with Crippen molar-refractivity contribution in [2.45, 2.75) is 25.9 Å². The Morgan fingerprint density at radius 3 is 3.05 bits per heavy atom. The quantitative estimate of drug-likeness (QED) is 0.806. The van der Waals surface area contributed by atoms with Crippen molar-refractivity contribution in [3.8, 4) is 0 Å². The van der Waals surface area contributed by atoms with Gasteiger partial charge in [-0.3, -0.25) is 14.7 Å². The Morgan fingerprint density at radius 2 is 2.37 bits per heavy atom. The van der Waals surface area contributed by atoms with Crippen LogP contribution in [0.4, 0.5) is 0 Å². The summed E-state index contributed by atoms with van der Waals surface area (Å²) in [6.45, 7) is 2.17. The third kappa shape index (κ3) is 3.51. The molecule has 0 aliphatic carbocycles. The number of H-pyrrole nitrogens is 1. The predicted octanol–water partition coefficient (Wildman–Crippen LogP) is 0.234. The monoisotopic (exact) mass is 261 g/mol. The molecule has 0 aromatic carbocycles. The summed E-state index contributed by atoms with van der Waals surface area (Å²) in [5.74, 6) is 0.463. The molecule has 1 atom stereocenters. The number of rotatable bonds is 5.